The highest BCUT2D eigenvalue weighted by atomic mass is 16.5. The monoisotopic (exact) mass is 350 g/mol. The Balaban J connectivity index is 1.88. The summed E-state index contributed by atoms with van der Waals surface area (Å²) in [5.74, 6) is 0.581. The van der Waals surface area contributed by atoms with E-state index in [1.807, 2.05) is 4.57 Å². The van der Waals surface area contributed by atoms with Gasteiger partial charge in [-0.05, 0) is 32.6 Å². The second kappa shape index (κ2) is 6.76. The average Bonchev–Trinajstić information content (AvgIpc) is 2.91. The molecule has 0 amide bonds. The average molecular weight is 350 g/mol. The normalized spacial score (nSPS) is 15.7. The minimum atomic E-state index is -0.943. The van der Waals surface area contributed by atoms with Crippen LogP contribution in [0.15, 0.2) is 15.9 Å². The number of ether oxygens (including phenoxy) is 1. The zero-order chi connectivity index (χ0) is 18.2. The Labute approximate surface area is 145 Å². The molecule has 0 bridgehead atoms. The molecule has 0 spiro atoms. The summed E-state index contributed by atoms with van der Waals surface area (Å²) in [7, 11) is 1.62. The van der Waals surface area contributed by atoms with E-state index in [2.05, 4.69) is 4.98 Å². The number of aryl methyl sites for hydroxylation is 1. The predicted octanol–water partition coefficient (Wildman–Crippen LogP) is 0.484. The third-order valence-electron chi connectivity index (χ3n) is 4.70. The van der Waals surface area contributed by atoms with Crippen molar-refractivity contribution in [2.45, 2.75) is 51.8 Å². The SMILES string of the molecule is Cn1c(=O)n(CCOCC(C)(C)O)c(=O)c2c1ncn2CC1CCC1. The van der Waals surface area contributed by atoms with Crippen molar-refractivity contribution in [3.63, 3.8) is 0 Å². The number of hydrogen-bond donors (Lipinski definition) is 1. The minimum absolute atomic E-state index is 0.143. The molecule has 1 N–H and O–H groups in total. The van der Waals surface area contributed by atoms with Crippen molar-refractivity contribution in [1.29, 1.82) is 0 Å². The molecule has 138 valence electrons. The summed E-state index contributed by atoms with van der Waals surface area (Å²) in [6.45, 7) is 4.52. The standard InChI is InChI=1S/C17H26N4O4/c1-17(2,24)10-25-8-7-21-15(22)13-14(19(3)16(21)23)18-11-20(13)9-12-5-4-6-12/h11-12,24H,4-10H2,1-3H3. The Morgan fingerprint density at radius 3 is 2.68 bits per heavy atom. The number of rotatable bonds is 7. The Morgan fingerprint density at radius 1 is 1.36 bits per heavy atom. The Bertz CT molecular complexity index is 868. The summed E-state index contributed by atoms with van der Waals surface area (Å²) in [6.07, 6.45) is 5.23. The Hall–Kier alpha value is -1.93. The lowest BCUT2D eigenvalue weighted by Crippen LogP contribution is -2.41. The zero-order valence-corrected chi connectivity index (χ0v) is 15.1. The molecule has 2 aromatic rings. The lowest BCUT2D eigenvalue weighted by atomic mass is 9.85. The van der Waals surface area contributed by atoms with E-state index >= 15 is 0 Å². The van der Waals surface area contributed by atoms with Crippen molar-refractivity contribution in [2.24, 2.45) is 13.0 Å². The molecule has 3 rings (SSSR count). The van der Waals surface area contributed by atoms with Crippen molar-refractivity contribution in [3.8, 4) is 0 Å². The molecule has 0 atom stereocenters. The number of nitrogens with zero attached hydrogens (tertiary/aromatic N) is 4. The molecule has 8 nitrogen and oxygen atoms in total. The molecule has 0 saturated heterocycles. The maximum Gasteiger partial charge on any atom is 0.332 e. The van der Waals surface area contributed by atoms with E-state index in [1.165, 1.54) is 28.4 Å². The van der Waals surface area contributed by atoms with Gasteiger partial charge in [-0.15, -0.1) is 0 Å². The highest BCUT2D eigenvalue weighted by Gasteiger charge is 2.22. The fourth-order valence-electron chi connectivity index (χ4n) is 3.09. The van der Waals surface area contributed by atoms with Crippen LogP contribution in [-0.2, 0) is 24.9 Å². The van der Waals surface area contributed by atoms with Crippen molar-refractivity contribution in [2.75, 3.05) is 13.2 Å². The molecule has 1 aliphatic carbocycles. The lowest BCUT2D eigenvalue weighted by Gasteiger charge is -2.25. The van der Waals surface area contributed by atoms with Gasteiger partial charge in [-0.2, -0.15) is 0 Å². The van der Waals surface area contributed by atoms with Gasteiger partial charge in [0.15, 0.2) is 11.2 Å². The van der Waals surface area contributed by atoms with E-state index < -0.39 is 11.3 Å². The van der Waals surface area contributed by atoms with Crippen LogP contribution in [0.5, 0.6) is 0 Å². The zero-order valence-electron chi connectivity index (χ0n) is 15.1. The lowest BCUT2D eigenvalue weighted by molar-refractivity contribution is -0.0229. The van der Waals surface area contributed by atoms with Crippen LogP contribution >= 0.6 is 0 Å². The molecular weight excluding hydrogens is 324 g/mol. The first kappa shape index (κ1) is 17.9. The fourth-order valence-corrected chi connectivity index (χ4v) is 3.09. The van der Waals surface area contributed by atoms with Crippen LogP contribution in [0, 0.1) is 5.92 Å². The number of aromatic nitrogens is 4. The van der Waals surface area contributed by atoms with Gasteiger partial charge in [0.05, 0.1) is 31.7 Å². The van der Waals surface area contributed by atoms with Gasteiger partial charge in [0.1, 0.15) is 0 Å². The van der Waals surface area contributed by atoms with Crippen LogP contribution < -0.4 is 11.2 Å². The molecule has 1 fully saturated rings. The van der Waals surface area contributed by atoms with Gasteiger partial charge in [0.25, 0.3) is 5.56 Å². The van der Waals surface area contributed by atoms with Crippen molar-refractivity contribution < 1.29 is 9.84 Å². The number of imidazole rings is 1. The molecule has 1 aliphatic rings. The van der Waals surface area contributed by atoms with Crippen LogP contribution in [0.2, 0.25) is 0 Å². The third kappa shape index (κ3) is 3.69. The van der Waals surface area contributed by atoms with Gasteiger partial charge >= 0.3 is 5.69 Å². The van der Waals surface area contributed by atoms with Crippen molar-refractivity contribution in [1.82, 2.24) is 18.7 Å². The summed E-state index contributed by atoms with van der Waals surface area (Å²) < 4.78 is 9.85. The maximum absolute atomic E-state index is 12.8. The predicted molar refractivity (Wildman–Crippen MR) is 93.7 cm³/mol. The smallest absolute Gasteiger partial charge is 0.332 e. The molecule has 0 radical (unpaired) electrons. The van der Waals surface area contributed by atoms with E-state index in [0.717, 1.165) is 6.54 Å². The summed E-state index contributed by atoms with van der Waals surface area (Å²) in [4.78, 5) is 29.6. The maximum atomic E-state index is 12.8. The quantitative estimate of drug-likeness (QED) is 0.734. The minimum Gasteiger partial charge on any atom is -0.388 e. The van der Waals surface area contributed by atoms with Gasteiger partial charge in [-0.25, -0.2) is 9.78 Å². The topological polar surface area (TPSA) is 91.3 Å². The van der Waals surface area contributed by atoms with Gasteiger partial charge in [0.2, 0.25) is 0 Å². The molecular formula is C17H26N4O4. The Kier molecular flexibility index (Phi) is 4.83. The molecule has 2 heterocycles. The summed E-state index contributed by atoms with van der Waals surface area (Å²) in [6, 6.07) is 0. The highest BCUT2D eigenvalue weighted by Crippen LogP contribution is 2.28. The highest BCUT2D eigenvalue weighted by molar-refractivity contribution is 5.69. The molecule has 0 aromatic carbocycles. The second-order valence-corrected chi connectivity index (χ2v) is 7.53. The first-order valence-corrected chi connectivity index (χ1v) is 8.73. The fraction of sp³-hybridized carbons (Fsp3) is 0.706. The van der Waals surface area contributed by atoms with Crippen LogP contribution in [-0.4, -0.2) is 42.6 Å². The van der Waals surface area contributed by atoms with Crippen LogP contribution in [0.1, 0.15) is 33.1 Å². The Morgan fingerprint density at radius 2 is 2.08 bits per heavy atom. The van der Waals surface area contributed by atoms with Crippen LogP contribution in [0.3, 0.4) is 0 Å². The summed E-state index contributed by atoms with van der Waals surface area (Å²) in [5, 5.41) is 9.66. The first-order chi connectivity index (χ1) is 11.8. The second-order valence-electron chi connectivity index (χ2n) is 7.53. The molecule has 0 aliphatic heterocycles. The van der Waals surface area contributed by atoms with E-state index in [9.17, 15) is 14.7 Å². The van der Waals surface area contributed by atoms with E-state index in [4.69, 9.17) is 4.74 Å². The molecule has 8 heteroatoms. The summed E-state index contributed by atoms with van der Waals surface area (Å²) in [5.41, 5.74) is -0.791. The molecule has 25 heavy (non-hydrogen) atoms. The first-order valence-electron chi connectivity index (χ1n) is 8.73. The largest absolute Gasteiger partial charge is 0.388 e. The molecule has 0 unspecified atom stereocenters. The molecule has 1 saturated carbocycles. The summed E-state index contributed by atoms with van der Waals surface area (Å²) >= 11 is 0. The van der Waals surface area contributed by atoms with Gasteiger partial charge < -0.3 is 14.4 Å². The number of aliphatic hydroxyl groups is 1. The van der Waals surface area contributed by atoms with Crippen molar-refractivity contribution >= 4 is 11.2 Å². The van der Waals surface area contributed by atoms with Gasteiger partial charge in [-0.3, -0.25) is 13.9 Å². The van der Waals surface area contributed by atoms with Crippen molar-refractivity contribution in [3.05, 3.63) is 27.2 Å². The van der Waals surface area contributed by atoms with Crippen LogP contribution in [0.25, 0.3) is 11.2 Å². The van der Waals surface area contributed by atoms with E-state index in [0.29, 0.717) is 17.1 Å². The molecule has 2 aromatic heterocycles. The van der Waals surface area contributed by atoms with Crippen LogP contribution in [0.4, 0.5) is 0 Å². The third-order valence-corrected chi connectivity index (χ3v) is 4.70. The number of fused-ring (bicyclic) bond motifs is 1. The van der Waals surface area contributed by atoms with E-state index in [-0.39, 0.29) is 25.3 Å². The van der Waals surface area contributed by atoms with Gasteiger partial charge in [-0.1, -0.05) is 6.42 Å². The number of hydrogen-bond acceptors (Lipinski definition) is 5. The van der Waals surface area contributed by atoms with E-state index in [1.54, 1.807) is 27.2 Å². The van der Waals surface area contributed by atoms with Gasteiger partial charge in [0, 0.05) is 13.6 Å².